The monoisotopic (exact) mass is 303 g/mol. The van der Waals surface area contributed by atoms with Crippen molar-refractivity contribution in [1.82, 2.24) is 4.90 Å². The lowest BCUT2D eigenvalue weighted by atomic mass is 10.2. The number of carbonyl (C=O) groups excluding carboxylic acids is 1. The Labute approximate surface area is 124 Å². The molecule has 0 aromatic heterocycles. The Morgan fingerprint density at radius 3 is 2.58 bits per heavy atom. The molecule has 0 unspecified atom stereocenters. The highest BCUT2D eigenvalue weighted by Crippen LogP contribution is 2.21. The minimum atomic E-state index is -0.424. The van der Waals surface area contributed by atoms with Crippen molar-refractivity contribution >= 4 is 29.2 Å². The van der Waals surface area contributed by atoms with Crippen LogP contribution < -0.4 is 0 Å². The summed E-state index contributed by atoms with van der Waals surface area (Å²) >= 11 is 11.8. The fraction of sp³-hybridized carbons (Fsp3) is 0.500. The van der Waals surface area contributed by atoms with Crippen LogP contribution in [-0.4, -0.2) is 37.1 Å². The number of carbonyl (C=O) groups is 1. The van der Waals surface area contributed by atoms with Crippen LogP contribution in [0.3, 0.4) is 0 Å². The number of halogens is 2. The summed E-state index contributed by atoms with van der Waals surface area (Å²) in [6.45, 7) is 7.54. The summed E-state index contributed by atoms with van der Waals surface area (Å²) in [6, 6.07) is 4.76. The van der Waals surface area contributed by atoms with E-state index < -0.39 is 5.97 Å². The van der Waals surface area contributed by atoms with E-state index in [9.17, 15) is 4.79 Å². The second-order valence-electron chi connectivity index (χ2n) is 4.14. The maximum atomic E-state index is 11.8. The summed E-state index contributed by atoms with van der Waals surface area (Å²) in [4.78, 5) is 14.1. The molecule has 0 N–H and O–H groups in total. The maximum absolute atomic E-state index is 11.8. The van der Waals surface area contributed by atoms with Gasteiger partial charge in [-0.15, -0.1) is 0 Å². The maximum Gasteiger partial charge on any atom is 0.339 e. The topological polar surface area (TPSA) is 29.5 Å². The lowest BCUT2D eigenvalue weighted by molar-refractivity contribution is 0.0489. The lowest BCUT2D eigenvalue weighted by Gasteiger charge is -2.17. The third kappa shape index (κ3) is 5.39. The van der Waals surface area contributed by atoms with Crippen molar-refractivity contribution in [3.05, 3.63) is 33.8 Å². The minimum Gasteiger partial charge on any atom is -0.462 e. The number of hydrogen-bond acceptors (Lipinski definition) is 3. The van der Waals surface area contributed by atoms with Crippen molar-refractivity contribution < 1.29 is 9.53 Å². The van der Waals surface area contributed by atoms with Crippen LogP contribution in [0.4, 0.5) is 0 Å². The third-order valence-corrected chi connectivity index (χ3v) is 3.46. The van der Waals surface area contributed by atoms with Gasteiger partial charge in [-0.25, -0.2) is 4.79 Å². The van der Waals surface area contributed by atoms with E-state index in [0.717, 1.165) is 26.1 Å². The minimum absolute atomic E-state index is 0.317. The predicted molar refractivity (Wildman–Crippen MR) is 79.1 cm³/mol. The van der Waals surface area contributed by atoms with Crippen LogP contribution in [0, 0.1) is 0 Å². The average molecular weight is 304 g/mol. The molecule has 0 amide bonds. The molecule has 0 atom stereocenters. The quantitative estimate of drug-likeness (QED) is 0.565. The molecule has 19 heavy (non-hydrogen) atoms. The van der Waals surface area contributed by atoms with Crippen molar-refractivity contribution in [2.45, 2.75) is 20.3 Å². The first-order valence-corrected chi connectivity index (χ1v) is 7.18. The van der Waals surface area contributed by atoms with Gasteiger partial charge in [0.2, 0.25) is 0 Å². The van der Waals surface area contributed by atoms with Crippen molar-refractivity contribution in [2.75, 3.05) is 26.2 Å². The van der Waals surface area contributed by atoms with E-state index in [2.05, 4.69) is 18.7 Å². The van der Waals surface area contributed by atoms with Gasteiger partial charge in [-0.3, -0.25) is 0 Å². The van der Waals surface area contributed by atoms with E-state index in [-0.39, 0.29) is 0 Å². The number of nitrogens with zero attached hydrogens (tertiary/aromatic N) is 1. The van der Waals surface area contributed by atoms with E-state index in [1.165, 1.54) is 6.07 Å². The second-order valence-corrected chi connectivity index (χ2v) is 4.98. The molecule has 0 spiro atoms. The Morgan fingerprint density at radius 1 is 1.26 bits per heavy atom. The van der Waals surface area contributed by atoms with Gasteiger partial charge in [0.25, 0.3) is 0 Å². The number of benzene rings is 1. The number of rotatable bonds is 7. The third-order valence-electron chi connectivity index (χ3n) is 2.89. The first-order chi connectivity index (χ1) is 9.08. The van der Waals surface area contributed by atoms with Crippen LogP contribution >= 0.6 is 23.2 Å². The molecular weight excluding hydrogens is 285 g/mol. The summed E-state index contributed by atoms with van der Waals surface area (Å²) in [5.41, 5.74) is 0.317. The smallest absolute Gasteiger partial charge is 0.339 e. The zero-order chi connectivity index (χ0) is 14.3. The molecule has 0 aliphatic carbocycles. The van der Waals surface area contributed by atoms with Gasteiger partial charge in [-0.1, -0.05) is 37.0 Å². The average Bonchev–Trinajstić information content (AvgIpc) is 2.41. The van der Waals surface area contributed by atoms with Crippen LogP contribution in [0.1, 0.15) is 30.6 Å². The highest BCUT2D eigenvalue weighted by Gasteiger charge is 2.12. The van der Waals surface area contributed by atoms with Gasteiger partial charge < -0.3 is 9.64 Å². The van der Waals surface area contributed by atoms with E-state index in [0.29, 0.717) is 22.2 Å². The molecule has 1 aromatic rings. The van der Waals surface area contributed by atoms with Crippen LogP contribution in [-0.2, 0) is 4.74 Å². The van der Waals surface area contributed by atoms with Crippen LogP contribution in [0.5, 0.6) is 0 Å². The van der Waals surface area contributed by atoms with Gasteiger partial charge in [0, 0.05) is 11.6 Å². The molecule has 5 heteroatoms. The fourth-order valence-corrected chi connectivity index (χ4v) is 2.09. The first-order valence-electron chi connectivity index (χ1n) is 6.43. The summed E-state index contributed by atoms with van der Waals surface area (Å²) in [6.07, 6.45) is 0.811. The summed E-state index contributed by atoms with van der Waals surface area (Å²) in [5, 5.41) is 0.831. The Bertz CT molecular complexity index is 420. The molecule has 0 saturated carbocycles. The molecule has 0 heterocycles. The Morgan fingerprint density at radius 2 is 1.95 bits per heavy atom. The second kappa shape index (κ2) is 8.41. The fourth-order valence-electron chi connectivity index (χ4n) is 1.72. The van der Waals surface area contributed by atoms with Gasteiger partial charge >= 0.3 is 5.97 Å². The van der Waals surface area contributed by atoms with E-state index in [1.54, 1.807) is 12.1 Å². The molecule has 0 saturated heterocycles. The highest BCUT2D eigenvalue weighted by molar-refractivity contribution is 6.35. The van der Waals surface area contributed by atoms with Gasteiger partial charge in [-0.05, 0) is 37.7 Å². The van der Waals surface area contributed by atoms with E-state index in [4.69, 9.17) is 27.9 Å². The molecule has 0 fully saturated rings. The molecule has 1 rings (SSSR count). The molecule has 0 radical (unpaired) electrons. The molecule has 1 aromatic carbocycles. The zero-order valence-electron chi connectivity index (χ0n) is 11.3. The van der Waals surface area contributed by atoms with Gasteiger partial charge in [0.1, 0.15) is 0 Å². The van der Waals surface area contributed by atoms with Crippen molar-refractivity contribution in [3.63, 3.8) is 0 Å². The largest absolute Gasteiger partial charge is 0.462 e. The van der Waals surface area contributed by atoms with E-state index >= 15 is 0 Å². The van der Waals surface area contributed by atoms with E-state index in [1.807, 2.05) is 0 Å². The molecule has 0 aliphatic heterocycles. The van der Waals surface area contributed by atoms with Gasteiger partial charge in [-0.2, -0.15) is 0 Å². The summed E-state index contributed by atoms with van der Waals surface area (Å²) in [7, 11) is 0. The van der Waals surface area contributed by atoms with Crippen molar-refractivity contribution in [3.8, 4) is 0 Å². The molecule has 0 bridgehead atoms. The lowest BCUT2D eigenvalue weighted by Crippen LogP contribution is -2.25. The Kier molecular flexibility index (Phi) is 7.21. The van der Waals surface area contributed by atoms with Gasteiger partial charge in [0.15, 0.2) is 0 Å². The van der Waals surface area contributed by atoms with Crippen molar-refractivity contribution in [1.29, 1.82) is 0 Å². The SMILES string of the molecule is CCN(CC)CCCOC(=O)c1cc(Cl)ccc1Cl. The molecular formula is C14H19Cl2NO2. The molecule has 106 valence electrons. The molecule has 3 nitrogen and oxygen atoms in total. The normalized spacial score (nSPS) is 10.8. The zero-order valence-corrected chi connectivity index (χ0v) is 12.8. The van der Waals surface area contributed by atoms with Crippen LogP contribution in [0.15, 0.2) is 18.2 Å². The summed E-state index contributed by atoms with van der Waals surface area (Å²) < 4.78 is 5.19. The Balaban J connectivity index is 2.41. The molecule has 0 aliphatic rings. The Hall–Kier alpha value is -0.770. The standard InChI is InChI=1S/C14H19Cl2NO2/c1-3-17(4-2)8-5-9-19-14(18)12-10-11(15)6-7-13(12)16/h6-7,10H,3-5,8-9H2,1-2H3. The number of hydrogen-bond donors (Lipinski definition) is 0. The van der Waals surface area contributed by atoms with Gasteiger partial charge in [0.05, 0.1) is 17.2 Å². The highest BCUT2D eigenvalue weighted by atomic mass is 35.5. The number of ether oxygens (including phenoxy) is 1. The van der Waals surface area contributed by atoms with Crippen LogP contribution in [0.25, 0.3) is 0 Å². The number of esters is 1. The summed E-state index contributed by atoms with van der Waals surface area (Å²) in [5.74, 6) is -0.424. The van der Waals surface area contributed by atoms with Crippen LogP contribution in [0.2, 0.25) is 10.0 Å². The first kappa shape index (κ1) is 16.3. The van der Waals surface area contributed by atoms with Crippen molar-refractivity contribution in [2.24, 2.45) is 0 Å². The predicted octanol–water partition coefficient (Wildman–Crippen LogP) is 3.88.